The fraction of sp³-hybridized carbons (Fsp3) is 0.309. The number of rotatable bonds is 3. The molecular formula is C55H47N. The molecule has 8 aliphatic rings. The quantitative estimate of drug-likeness (QED) is 0.164. The lowest BCUT2D eigenvalue weighted by Crippen LogP contribution is -2.43. The third-order valence-corrected chi connectivity index (χ3v) is 17.3. The van der Waals surface area contributed by atoms with E-state index < -0.39 is 0 Å². The van der Waals surface area contributed by atoms with Crippen LogP contribution in [0.3, 0.4) is 0 Å². The molecule has 0 aliphatic heterocycles. The monoisotopic (exact) mass is 721 g/mol. The molecule has 1 heteroatoms. The molecule has 7 atom stereocenters. The van der Waals surface area contributed by atoms with Crippen molar-refractivity contribution in [3.8, 4) is 22.3 Å². The van der Waals surface area contributed by atoms with Gasteiger partial charge in [0.1, 0.15) is 0 Å². The van der Waals surface area contributed by atoms with E-state index in [1.54, 1.807) is 22.3 Å². The zero-order valence-electron chi connectivity index (χ0n) is 32.1. The molecule has 7 aromatic carbocycles. The molecule has 0 amide bonds. The second kappa shape index (κ2) is 10.8. The molecule has 6 fully saturated rings. The van der Waals surface area contributed by atoms with Gasteiger partial charge in [-0.25, -0.2) is 0 Å². The first-order valence-electron chi connectivity index (χ1n) is 21.9. The average Bonchev–Trinajstić information content (AvgIpc) is 3.89. The minimum Gasteiger partial charge on any atom is -0.310 e. The normalized spacial score (nSPS) is 29.0. The lowest BCUT2D eigenvalue weighted by Gasteiger charge is -2.46. The minimum atomic E-state index is 0.126. The van der Waals surface area contributed by atoms with E-state index in [1.807, 2.05) is 0 Å². The molecule has 56 heavy (non-hydrogen) atoms. The van der Waals surface area contributed by atoms with Crippen LogP contribution in [0.25, 0.3) is 43.8 Å². The smallest absolute Gasteiger partial charge is 0.0543 e. The maximum Gasteiger partial charge on any atom is 0.0543 e. The van der Waals surface area contributed by atoms with Crippen LogP contribution in [0, 0.1) is 35.5 Å². The van der Waals surface area contributed by atoms with Gasteiger partial charge < -0.3 is 4.90 Å². The molecule has 0 aromatic heterocycles. The Kier molecular flexibility index (Phi) is 5.99. The summed E-state index contributed by atoms with van der Waals surface area (Å²) in [5.41, 5.74) is 16.4. The zero-order valence-corrected chi connectivity index (χ0v) is 32.1. The van der Waals surface area contributed by atoms with Crippen LogP contribution in [0.1, 0.15) is 80.0 Å². The van der Waals surface area contributed by atoms with Crippen molar-refractivity contribution >= 4 is 38.6 Å². The van der Waals surface area contributed by atoms with Crippen molar-refractivity contribution in [2.75, 3.05) is 4.90 Å². The summed E-state index contributed by atoms with van der Waals surface area (Å²) in [7, 11) is 0. The van der Waals surface area contributed by atoms with Crippen molar-refractivity contribution in [1.82, 2.24) is 0 Å². The number of anilines is 3. The van der Waals surface area contributed by atoms with E-state index in [0.29, 0.717) is 0 Å². The molecule has 6 saturated carbocycles. The predicted molar refractivity (Wildman–Crippen MR) is 231 cm³/mol. The van der Waals surface area contributed by atoms with Crippen LogP contribution in [-0.2, 0) is 10.8 Å². The Labute approximate surface area is 330 Å². The van der Waals surface area contributed by atoms with E-state index in [4.69, 9.17) is 0 Å². The molecule has 0 radical (unpaired) electrons. The molecule has 1 nitrogen and oxygen atoms in total. The first kappa shape index (κ1) is 31.0. The molecule has 0 heterocycles. The Morgan fingerprint density at radius 2 is 1.23 bits per heavy atom. The van der Waals surface area contributed by atoms with Gasteiger partial charge in [-0.05, 0) is 171 Å². The van der Waals surface area contributed by atoms with Crippen LogP contribution in [0.5, 0.6) is 0 Å². The average molecular weight is 722 g/mol. The summed E-state index contributed by atoms with van der Waals surface area (Å²) in [6.07, 6.45) is 12.4. The second-order valence-electron chi connectivity index (χ2n) is 19.1. The summed E-state index contributed by atoms with van der Waals surface area (Å²) < 4.78 is 0. The number of fused-ring (bicyclic) bond motifs is 12. The Hall–Kier alpha value is -5.14. The van der Waals surface area contributed by atoms with Crippen LogP contribution in [0.4, 0.5) is 17.1 Å². The largest absolute Gasteiger partial charge is 0.310 e. The van der Waals surface area contributed by atoms with Gasteiger partial charge in [0, 0.05) is 27.8 Å². The standard InChI is InChI=1S/C55H47N/c1-2-11-40-33(10-1)18-19-34-29-38(22-24-41(34)40)56(39-23-25-47-44(32-39)42-12-3-5-14-46(42)54(47)26-7-8-27-54)51-17-9-16-49-53(51)43-13-4-6-15-48(43)55(49)37-21-20-35-31-50(55)45-30-36(28-37)52(35)45/h1-6,9-19,22-25,29,32,35-37,45,50,52H,7-8,20-21,26-28,30-31H2. The summed E-state index contributed by atoms with van der Waals surface area (Å²) in [4.78, 5) is 2.66. The summed E-state index contributed by atoms with van der Waals surface area (Å²) >= 11 is 0. The van der Waals surface area contributed by atoms with Crippen molar-refractivity contribution in [2.24, 2.45) is 35.5 Å². The van der Waals surface area contributed by atoms with Gasteiger partial charge in [-0.2, -0.15) is 0 Å². The molecule has 5 bridgehead atoms. The second-order valence-corrected chi connectivity index (χ2v) is 19.1. The summed E-state index contributed by atoms with van der Waals surface area (Å²) in [5.74, 6) is 5.32. The summed E-state index contributed by atoms with van der Waals surface area (Å²) in [6.45, 7) is 0. The Balaban J connectivity index is 1.03. The maximum absolute atomic E-state index is 2.66. The van der Waals surface area contributed by atoms with Gasteiger partial charge >= 0.3 is 0 Å². The van der Waals surface area contributed by atoms with Gasteiger partial charge in [0.15, 0.2) is 0 Å². The third-order valence-electron chi connectivity index (χ3n) is 17.3. The van der Waals surface area contributed by atoms with E-state index in [9.17, 15) is 0 Å². The molecule has 7 aromatic rings. The van der Waals surface area contributed by atoms with E-state index in [-0.39, 0.29) is 10.8 Å². The van der Waals surface area contributed by atoms with Gasteiger partial charge in [0.25, 0.3) is 0 Å². The Morgan fingerprint density at radius 3 is 2.16 bits per heavy atom. The number of hydrogen-bond donors (Lipinski definition) is 0. The lowest BCUT2D eigenvalue weighted by atomic mass is 9.57. The maximum atomic E-state index is 2.66. The van der Waals surface area contributed by atoms with Crippen LogP contribution >= 0.6 is 0 Å². The Bertz CT molecular complexity index is 2820. The number of benzene rings is 7. The molecule has 0 saturated heterocycles. The third kappa shape index (κ3) is 3.66. The van der Waals surface area contributed by atoms with E-state index >= 15 is 0 Å². The number of hydrogen-bond acceptors (Lipinski definition) is 1. The molecule has 8 aliphatic carbocycles. The fourth-order valence-corrected chi connectivity index (χ4v) is 15.4. The van der Waals surface area contributed by atoms with E-state index in [1.165, 1.54) is 119 Å². The Morgan fingerprint density at radius 1 is 0.500 bits per heavy atom. The highest BCUT2D eigenvalue weighted by atomic mass is 15.1. The van der Waals surface area contributed by atoms with Crippen LogP contribution in [0.2, 0.25) is 0 Å². The first-order valence-corrected chi connectivity index (χ1v) is 21.9. The van der Waals surface area contributed by atoms with Crippen molar-refractivity contribution in [3.05, 3.63) is 162 Å². The van der Waals surface area contributed by atoms with E-state index in [2.05, 4.69) is 144 Å². The van der Waals surface area contributed by atoms with Crippen molar-refractivity contribution in [2.45, 2.75) is 68.6 Å². The highest BCUT2D eigenvalue weighted by Crippen LogP contribution is 2.76. The van der Waals surface area contributed by atoms with Crippen LogP contribution in [0.15, 0.2) is 140 Å². The lowest BCUT2D eigenvalue weighted by molar-refractivity contribution is 0.0568. The van der Waals surface area contributed by atoms with Crippen molar-refractivity contribution in [1.29, 1.82) is 0 Å². The highest BCUT2D eigenvalue weighted by molar-refractivity contribution is 6.09. The first-order chi connectivity index (χ1) is 27.7. The van der Waals surface area contributed by atoms with Gasteiger partial charge in [-0.3, -0.25) is 0 Å². The summed E-state index contributed by atoms with van der Waals surface area (Å²) in [6, 6.07) is 55.0. The van der Waals surface area contributed by atoms with Gasteiger partial charge in [0.05, 0.1) is 5.69 Å². The van der Waals surface area contributed by atoms with E-state index in [0.717, 1.165) is 35.5 Å². The molecule has 15 rings (SSSR count). The van der Waals surface area contributed by atoms with Crippen molar-refractivity contribution < 1.29 is 0 Å². The summed E-state index contributed by atoms with van der Waals surface area (Å²) in [5, 5.41) is 5.25. The topological polar surface area (TPSA) is 3.24 Å². The fourth-order valence-electron chi connectivity index (χ4n) is 15.4. The molecule has 272 valence electrons. The van der Waals surface area contributed by atoms with Crippen LogP contribution in [-0.4, -0.2) is 0 Å². The zero-order chi connectivity index (χ0) is 36.3. The molecular weight excluding hydrogens is 675 g/mol. The van der Waals surface area contributed by atoms with Gasteiger partial charge in [-0.1, -0.05) is 122 Å². The minimum absolute atomic E-state index is 0.126. The van der Waals surface area contributed by atoms with Gasteiger partial charge in [-0.15, -0.1) is 0 Å². The molecule has 0 N–H and O–H groups in total. The van der Waals surface area contributed by atoms with Crippen molar-refractivity contribution in [3.63, 3.8) is 0 Å². The highest BCUT2D eigenvalue weighted by Gasteiger charge is 2.69. The van der Waals surface area contributed by atoms with Gasteiger partial charge in [0.2, 0.25) is 0 Å². The SMILES string of the molecule is c1ccc2c(c1)-c1cc(N(c3ccc4c(ccc5ccccc54)c3)c3cccc4c3-c3ccccc3C43C4CCC5CC3C3CC(C4)C53)ccc1C21CCCC1. The predicted octanol–water partition coefficient (Wildman–Crippen LogP) is 14.3. The van der Waals surface area contributed by atoms with Crippen LogP contribution < -0.4 is 4.90 Å². The number of nitrogens with zero attached hydrogens (tertiary/aromatic N) is 1. The molecule has 2 spiro atoms. The molecule has 7 unspecified atom stereocenters.